The SMILES string of the molecule is CC(NC(=O)N(C)C(C)(C)C(=O)O)c1cccs1. The number of carboxylic acid groups (broad SMARTS) is 1. The first-order chi connectivity index (χ1) is 8.26. The molecule has 18 heavy (non-hydrogen) atoms. The number of rotatable bonds is 4. The molecule has 0 saturated heterocycles. The minimum Gasteiger partial charge on any atom is -0.480 e. The van der Waals surface area contributed by atoms with Crippen molar-refractivity contribution in [3.05, 3.63) is 22.4 Å². The van der Waals surface area contributed by atoms with Crippen LogP contribution < -0.4 is 5.32 Å². The van der Waals surface area contributed by atoms with Gasteiger partial charge in [0.2, 0.25) is 0 Å². The fourth-order valence-corrected chi connectivity index (χ4v) is 2.02. The number of carboxylic acids is 1. The number of carbonyl (C=O) groups excluding carboxylic acids is 1. The van der Waals surface area contributed by atoms with Gasteiger partial charge in [-0.05, 0) is 32.2 Å². The van der Waals surface area contributed by atoms with E-state index in [1.807, 2.05) is 24.4 Å². The molecule has 0 fully saturated rings. The van der Waals surface area contributed by atoms with Crippen LogP contribution in [-0.2, 0) is 4.79 Å². The first kappa shape index (κ1) is 14.5. The van der Waals surface area contributed by atoms with Crippen LogP contribution in [0, 0.1) is 0 Å². The molecule has 1 heterocycles. The fraction of sp³-hybridized carbons (Fsp3) is 0.500. The lowest BCUT2D eigenvalue weighted by molar-refractivity contribution is -0.146. The van der Waals surface area contributed by atoms with Crippen LogP contribution in [0.3, 0.4) is 0 Å². The van der Waals surface area contributed by atoms with E-state index in [0.29, 0.717) is 0 Å². The van der Waals surface area contributed by atoms with Gasteiger partial charge in [0.15, 0.2) is 0 Å². The maximum absolute atomic E-state index is 12.0. The van der Waals surface area contributed by atoms with Gasteiger partial charge in [0, 0.05) is 11.9 Å². The molecule has 2 N–H and O–H groups in total. The van der Waals surface area contributed by atoms with Crippen LogP contribution in [0.2, 0.25) is 0 Å². The lowest BCUT2D eigenvalue weighted by atomic mass is 10.0. The Morgan fingerprint density at radius 3 is 2.56 bits per heavy atom. The topological polar surface area (TPSA) is 69.6 Å². The maximum atomic E-state index is 12.0. The Labute approximate surface area is 110 Å². The van der Waals surface area contributed by atoms with Gasteiger partial charge in [0.1, 0.15) is 5.54 Å². The van der Waals surface area contributed by atoms with Gasteiger partial charge in [-0.15, -0.1) is 11.3 Å². The highest BCUT2D eigenvalue weighted by atomic mass is 32.1. The molecule has 0 saturated carbocycles. The first-order valence-electron chi connectivity index (χ1n) is 5.58. The predicted molar refractivity (Wildman–Crippen MR) is 70.7 cm³/mol. The van der Waals surface area contributed by atoms with Crippen LogP contribution in [0.5, 0.6) is 0 Å². The average molecular weight is 270 g/mol. The zero-order valence-corrected chi connectivity index (χ0v) is 11.7. The van der Waals surface area contributed by atoms with E-state index in [0.717, 1.165) is 4.88 Å². The van der Waals surface area contributed by atoms with Gasteiger partial charge in [-0.2, -0.15) is 0 Å². The second-order valence-corrected chi connectivity index (χ2v) is 5.59. The Hall–Kier alpha value is -1.56. The largest absolute Gasteiger partial charge is 0.480 e. The molecule has 1 aromatic heterocycles. The Morgan fingerprint density at radius 2 is 2.11 bits per heavy atom. The van der Waals surface area contributed by atoms with Crippen LogP contribution >= 0.6 is 11.3 Å². The van der Waals surface area contributed by atoms with Gasteiger partial charge in [0.25, 0.3) is 0 Å². The van der Waals surface area contributed by atoms with E-state index in [9.17, 15) is 9.59 Å². The molecule has 0 bridgehead atoms. The summed E-state index contributed by atoms with van der Waals surface area (Å²) in [5.41, 5.74) is -1.24. The summed E-state index contributed by atoms with van der Waals surface area (Å²) in [7, 11) is 1.48. The smallest absolute Gasteiger partial charge is 0.329 e. The minimum atomic E-state index is -1.24. The molecule has 0 aliphatic heterocycles. The summed E-state index contributed by atoms with van der Waals surface area (Å²) in [6.45, 7) is 4.85. The standard InChI is InChI=1S/C12H18N2O3S/c1-8(9-6-5-7-18-9)13-11(17)14(4)12(2,3)10(15)16/h5-8H,1-4H3,(H,13,17)(H,15,16). The zero-order chi connectivity index (χ0) is 13.9. The summed E-state index contributed by atoms with van der Waals surface area (Å²) in [6, 6.07) is 3.30. The van der Waals surface area contributed by atoms with E-state index < -0.39 is 17.5 Å². The van der Waals surface area contributed by atoms with Gasteiger partial charge in [-0.25, -0.2) is 9.59 Å². The Kier molecular flexibility index (Phi) is 4.34. The molecule has 5 nitrogen and oxygen atoms in total. The van der Waals surface area contributed by atoms with Gasteiger partial charge in [-0.3, -0.25) is 0 Å². The van der Waals surface area contributed by atoms with Crippen molar-refractivity contribution in [3.8, 4) is 0 Å². The highest BCUT2D eigenvalue weighted by Crippen LogP contribution is 2.19. The molecule has 1 atom stereocenters. The minimum absolute atomic E-state index is 0.135. The average Bonchev–Trinajstić information content (AvgIpc) is 2.80. The summed E-state index contributed by atoms with van der Waals surface area (Å²) >= 11 is 1.55. The van der Waals surface area contributed by atoms with E-state index in [1.165, 1.54) is 25.8 Å². The summed E-state index contributed by atoms with van der Waals surface area (Å²) in [4.78, 5) is 25.2. The monoisotopic (exact) mass is 270 g/mol. The van der Waals surface area contributed by atoms with Crippen molar-refractivity contribution >= 4 is 23.3 Å². The lowest BCUT2D eigenvalue weighted by Gasteiger charge is -2.32. The van der Waals surface area contributed by atoms with Crippen LogP contribution in [0.25, 0.3) is 0 Å². The molecule has 0 aliphatic carbocycles. The summed E-state index contributed by atoms with van der Waals surface area (Å²) in [6.07, 6.45) is 0. The number of likely N-dealkylation sites (N-methyl/N-ethyl adjacent to an activating group) is 1. The quantitative estimate of drug-likeness (QED) is 0.882. The normalized spacial score (nSPS) is 12.9. The Bertz CT molecular complexity index is 429. The summed E-state index contributed by atoms with van der Waals surface area (Å²) < 4.78 is 0. The molecule has 0 aliphatic rings. The molecule has 1 aromatic rings. The third-order valence-corrected chi connectivity index (χ3v) is 4.03. The maximum Gasteiger partial charge on any atom is 0.329 e. The van der Waals surface area contributed by atoms with E-state index in [2.05, 4.69) is 5.32 Å². The van der Waals surface area contributed by atoms with E-state index in [-0.39, 0.29) is 6.04 Å². The van der Waals surface area contributed by atoms with Crippen molar-refractivity contribution in [2.24, 2.45) is 0 Å². The number of urea groups is 1. The van der Waals surface area contributed by atoms with Gasteiger partial charge >= 0.3 is 12.0 Å². The van der Waals surface area contributed by atoms with E-state index in [4.69, 9.17) is 5.11 Å². The van der Waals surface area contributed by atoms with Crippen LogP contribution in [0.1, 0.15) is 31.7 Å². The highest BCUT2D eigenvalue weighted by Gasteiger charge is 2.35. The van der Waals surface area contributed by atoms with E-state index in [1.54, 1.807) is 11.3 Å². The fourth-order valence-electron chi connectivity index (χ4n) is 1.29. The molecule has 100 valence electrons. The van der Waals surface area contributed by atoms with Crippen molar-refractivity contribution < 1.29 is 14.7 Å². The summed E-state index contributed by atoms with van der Waals surface area (Å²) in [5, 5.41) is 13.8. The molecule has 0 spiro atoms. The molecular weight excluding hydrogens is 252 g/mol. The molecular formula is C12H18N2O3S. The number of amides is 2. The van der Waals surface area contributed by atoms with Crippen LogP contribution in [0.15, 0.2) is 17.5 Å². The highest BCUT2D eigenvalue weighted by molar-refractivity contribution is 7.10. The zero-order valence-electron chi connectivity index (χ0n) is 10.9. The van der Waals surface area contributed by atoms with Gasteiger partial charge in [0.05, 0.1) is 6.04 Å². The third kappa shape index (κ3) is 3.01. The molecule has 6 heteroatoms. The lowest BCUT2D eigenvalue weighted by Crippen LogP contribution is -2.54. The van der Waals surface area contributed by atoms with E-state index >= 15 is 0 Å². The second-order valence-electron chi connectivity index (χ2n) is 4.61. The van der Waals surface area contributed by atoms with Crippen molar-refractivity contribution in [1.29, 1.82) is 0 Å². The number of thiophene rings is 1. The number of nitrogens with zero attached hydrogens (tertiary/aromatic N) is 1. The number of aliphatic carboxylic acids is 1. The van der Waals surface area contributed by atoms with Crippen molar-refractivity contribution in [3.63, 3.8) is 0 Å². The third-order valence-electron chi connectivity index (χ3n) is 2.98. The van der Waals surface area contributed by atoms with Crippen molar-refractivity contribution in [2.45, 2.75) is 32.4 Å². The van der Waals surface area contributed by atoms with Gasteiger partial charge < -0.3 is 15.3 Å². The molecule has 1 unspecified atom stereocenters. The Balaban J connectivity index is 2.69. The molecule has 0 radical (unpaired) electrons. The number of hydrogen-bond acceptors (Lipinski definition) is 3. The molecule has 2 amide bonds. The Morgan fingerprint density at radius 1 is 1.50 bits per heavy atom. The van der Waals surface area contributed by atoms with Crippen LogP contribution in [-0.4, -0.2) is 34.6 Å². The molecule has 0 aromatic carbocycles. The first-order valence-corrected chi connectivity index (χ1v) is 6.46. The second kappa shape index (κ2) is 5.39. The summed E-state index contributed by atoms with van der Waals surface area (Å²) in [5.74, 6) is -1.04. The number of nitrogens with one attached hydrogen (secondary N) is 1. The number of carbonyl (C=O) groups is 2. The van der Waals surface area contributed by atoms with Crippen molar-refractivity contribution in [1.82, 2.24) is 10.2 Å². The predicted octanol–water partition coefficient (Wildman–Crippen LogP) is 2.31. The van der Waals surface area contributed by atoms with Crippen LogP contribution in [0.4, 0.5) is 4.79 Å². The van der Waals surface area contributed by atoms with Crippen molar-refractivity contribution in [2.75, 3.05) is 7.05 Å². The number of hydrogen-bond donors (Lipinski definition) is 2. The molecule has 1 rings (SSSR count). The van der Waals surface area contributed by atoms with Gasteiger partial charge in [-0.1, -0.05) is 6.07 Å².